The Hall–Kier alpha value is -1.35. The van der Waals surface area contributed by atoms with Crippen LogP contribution in [0.4, 0.5) is 0 Å². The Bertz CT molecular complexity index is 403. The minimum absolute atomic E-state index is 0.973. The van der Waals surface area contributed by atoms with Crippen molar-refractivity contribution in [3.8, 4) is 0 Å². The molecule has 0 saturated heterocycles. The van der Waals surface area contributed by atoms with Gasteiger partial charge in [0.05, 0.1) is 5.52 Å². The summed E-state index contributed by atoms with van der Waals surface area (Å²) >= 11 is 0. The molecular weight excluding hydrogens is 162 g/mol. The van der Waals surface area contributed by atoms with Crippen LogP contribution < -0.4 is 0 Å². The molecule has 0 unspecified atom stereocenters. The zero-order chi connectivity index (χ0) is 9.26. The van der Waals surface area contributed by atoms with Crippen LogP contribution in [0.2, 0.25) is 0 Å². The van der Waals surface area contributed by atoms with Crippen molar-refractivity contribution in [2.75, 3.05) is 14.1 Å². The van der Waals surface area contributed by atoms with E-state index in [4.69, 9.17) is 0 Å². The summed E-state index contributed by atoms with van der Waals surface area (Å²) in [6, 6.07) is 6.33. The molecule has 1 N–H and O–H groups in total. The van der Waals surface area contributed by atoms with Crippen LogP contribution in [0.3, 0.4) is 0 Å². The molecule has 0 amide bonds. The van der Waals surface area contributed by atoms with Crippen molar-refractivity contribution in [3.05, 3.63) is 30.0 Å². The number of aromatic nitrogens is 2. The van der Waals surface area contributed by atoms with Crippen molar-refractivity contribution in [2.24, 2.45) is 0 Å². The van der Waals surface area contributed by atoms with Crippen LogP contribution in [-0.4, -0.2) is 29.2 Å². The fourth-order valence-corrected chi connectivity index (χ4v) is 1.46. The molecule has 0 aliphatic carbocycles. The number of H-pyrrole nitrogens is 1. The molecule has 0 radical (unpaired) electrons. The van der Waals surface area contributed by atoms with Gasteiger partial charge in [-0.05, 0) is 31.8 Å². The van der Waals surface area contributed by atoms with Crippen molar-refractivity contribution >= 4 is 10.9 Å². The van der Waals surface area contributed by atoms with E-state index in [1.54, 1.807) is 0 Å². The Morgan fingerprint density at radius 2 is 2.23 bits per heavy atom. The molecule has 0 spiro atoms. The molecule has 1 heterocycles. The molecule has 0 bridgehead atoms. The number of fused-ring (bicyclic) bond motifs is 1. The molecule has 3 nitrogen and oxygen atoms in total. The predicted octanol–water partition coefficient (Wildman–Crippen LogP) is 1.62. The van der Waals surface area contributed by atoms with Gasteiger partial charge in [0.2, 0.25) is 0 Å². The van der Waals surface area contributed by atoms with Crippen LogP contribution in [-0.2, 0) is 6.54 Å². The fourth-order valence-electron chi connectivity index (χ4n) is 1.46. The van der Waals surface area contributed by atoms with E-state index in [2.05, 4.69) is 41.3 Å². The van der Waals surface area contributed by atoms with Crippen molar-refractivity contribution in [2.45, 2.75) is 6.54 Å². The van der Waals surface area contributed by atoms with E-state index in [-0.39, 0.29) is 0 Å². The van der Waals surface area contributed by atoms with Crippen LogP contribution in [0.25, 0.3) is 10.9 Å². The number of benzene rings is 1. The maximum atomic E-state index is 4.10. The van der Waals surface area contributed by atoms with Crippen LogP contribution in [0.5, 0.6) is 0 Å². The highest BCUT2D eigenvalue weighted by Gasteiger charge is 1.98. The lowest BCUT2D eigenvalue weighted by Crippen LogP contribution is -2.10. The van der Waals surface area contributed by atoms with Crippen molar-refractivity contribution < 1.29 is 0 Å². The zero-order valence-corrected chi connectivity index (χ0v) is 7.91. The molecular formula is C10H13N3. The summed E-state index contributed by atoms with van der Waals surface area (Å²) < 4.78 is 0. The van der Waals surface area contributed by atoms with Gasteiger partial charge < -0.3 is 4.90 Å². The summed E-state index contributed by atoms with van der Waals surface area (Å²) in [5.41, 5.74) is 2.35. The number of nitrogens with one attached hydrogen (secondary N) is 1. The number of hydrogen-bond acceptors (Lipinski definition) is 2. The third kappa shape index (κ3) is 1.70. The van der Waals surface area contributed by atoms with Crippen LogP contribution in [0, 0.1) is 0 Å². The minimum Gasteiger partial charge on any atom is -0.305 e. The van der Waals surface area contributed by atoms with E-state index in [1.165, 1.54) is 10.9 Å². The maximum absolute atomic E-state index is 4.10. The molecule has 0 saturated carbocycles. The van der Waals surface area contributed by atoms with Crippen molar-refractivity contribution in [1.82, 2.24) is 15.1 Å². The van der Waals surface area contributed by atoms with Crippen LogP contribution in [0.15, 0.2) is 24.4 Å². The first kappa shape index (κ1) is 8.26. The molecule has 0 aliphatic rings. The second kappa shape index (κ2) is 3.18. The first-order valence-corrected chi connectivity index (χ1v) is 4.33. The number of nitrogens with zero attached hydrogens (tertiary/aromatic N) is 2. The lowest BCUT2D eigenvalue weighted by Gasteiger charge is -2.08. The largest absolute Gasteiger partial charge is 0.305 e. The zero-order valence-electron chi connectivity index (χ0n) is 7.91. The number of hydrogen-bond donors (Lipinski definition) is 1. The van der Waals surface area contributed by atoms with Gasteiger partial charge in [-0.15, -0.1) is 0 Å². The topological polar surface area (TPSA) is 31.9 Å². The smallest absolute Gasteiger partial charge is 0.0920 e. The third-order valence-electron chi connectivity index (χ3n) is 2.00. The van der Waals surface area contributed by atoms with E-state index in [9.17, 15) is 0 Å². The van der Waals surface area contributed by atoms with Gasteiger partial charge in [-0.3, -0.25) is 5.10 Å². The lowest BCUT2D eigenvalue weighted by molar-refractivity contribution is 0.403. The van der Waals surface area contributed by atoms with E-state index >= 15 is 0 Å². The molecule has 1 aromatic heterocycles. The second-order valence-corrected chi connectivity index (χ2v) is 3.52. The fraction of sp³-hybridized carbons (Fsp3) is 0.300. The summed E-state index contributed by atoms with van der Waals surface area (Å²) in [5.74, 6) is 0. The maximum Gasteiger partial charge on any atom is 0.0920 e. The number of rotatable bonds is 2. The SMILES string of the molecule is CN(C)Cc1ccc2n[nH]cc2c1. The monoisotopic (exact) mass is 175 g/mol. The molecule has 1 aromatic carbocycles. The van der Waals surface area contributed by atoms with Gasteiger partial charge in [-0.1, -0.05) is 6.07 Å². The van der Waals surface area contributed by atoms with E-state index in [0.29, 0.717) is 0 Å². The standard InChI is InChI=1S/C10H13N3/c1-13(2)7-8-3-4-10-9(5-8)6-11-12-10/h3-6H,7H2,1-2H3,(H,11,12). The highest BCUT2D eigenvalue weighted by molar-refractivity contribution is 5.78. The highest BCUT2D eigenvalue weighted by Crippen LogP contribution is 2.13. The minimum atomic E-state index is 0.973. The van der Waals surface area contributed by atoms with Gasteiger partial charge in [0, 0.05) is 18.1 Å². The Morgan fingerprint density at radius 1 is 1.38 bits per heavy atom. The highest BCUT2D eigenvalue weighted by atomic mass is 15.1. The molecule has 2 aromatic rings. The van der Waals surface area contributed by atoms with Crippen LogP contribution in [0.1, 0.15) is 5.56 Å². The van der Waals surface area contributed by atoms with E-state index in [0.717, 1.165) is 12.1 Å². The van der Waals surface area contributed by atoms with Gasteiger partial charge in [0.25, 0.3) is 0 Å². The van der Waals surface area contributed by atoms with E-state index in [1.807, 2.05) is 12.3 Å². The van der Waals surface area contributed by atoms with Gasteiger partial charge in [0.1, 0.15) is 0 Å². The molecule has 68 valence electrons. The molecule has 13 heavy (non-hydrogen) atoms. The quantitative estimate of drug-likeness (QED) is 0.752. The van der Waals surface area contributed by atoms with E-state index < -0.39 is 0 Å². The first-order chi connectivity index (χ1) is 6.25. The Balaban J connectivity index is 2.37. The molecule has 0 aliphatic heterocycles. The summed E-state index contributed by atoms with van der Waals surface area (Å²) in [4.78, 5) is 2.15. The Kier molecular flexibility index (Phi) is 2.02. The summed E-state index contributed by atoms with van der Waals surface area (Å²) in [7, 11) is 4.14. The van der Waals surface area contributed by atoms with Gasteiger partial charge >= 0.3 is 0 Å². The Morgan fingerprint density at radius 3 is 3.00 bits per heavy atom. The molecule has 0 fully saturated rings. The van der Waals surface area contributed by atoms with Crippen molar-refractivity contribution in [1.29, 1.82) is 0 Å². The molecule has 3 heteroatoms. The molecule has 2 rings (SSSR count). The van der Waals surface area contributed by atoms with Gasteiger partial charge in [-0.2, -0.15) is 5.10 Å². The summed E-state index contributed by atoms with van der Waals surface area (Å²) in [5, 5.41) is 8.13. The van der Waals surface area contributed by atoms with Gasteiger partial charge in [0.15, 0.2) is 0 Å². The summed E-state index contributed by atoms with van der Waals surface area (Å²) in [6.45, 7) is 0.973. The van der Waals surface area contributed by atoms with Crippen molar-refractivity contribution in [3.63, 3.8) is 0 Å². The third-order valence-corrected chi connectivity index (χ3v) is 2.00. The Labute approximate surface area is 77.4 Å². The van der Waals surface area contributed by atoms with Gasteiger partial charge in [-0.25, -0.2) is 0 Å². The summed E-state index contributed by atoms with van der Waals surface area (Å²) in [6.07, 6.45) is 1.93. The second-order valence-electron chi connectivity index (χ2n) is 3.52. The predicted molar refractivity (Wildman–Crippen MR) is 53.5 cm³/mol. The average molecular weight is 175 g/mol. The normalized spacial score (nSPS) is 11.3. The first-order valence-electron chi connectivity index (χ1n) is 4.33. The number of aromatic amines is 1. The molecule has 0 atom stereocenters. The van der Waals surface area contributed by atoms with Crippen LogP contribution >= 0.6 is 0 Å². The lowest BCUT2D eigenvalue weighted by atomic mass is 10.1. The average Bonchev–Trinajstić information content (AvgIpc) is 2.49.